The van der Waals surface area contributed by atoms with E-state index in [0.29, 0.717) is 11.8 Å². The highest BCUT2D eigenvalue weighted by Gasteiger charge is 2.27. The monoisotopic (exact) mass is 283 g/mol. The van der Waals surface area contributed by atoms with Crippen LogP contribution in [-0.2, 0) is 0 Å². The van der Waals surface area contributed by atoms with Gasteiger partial charge in [-0.1, -0.05) is 20.3 Å². The first-order valence-corrected chi connectivity index (χ1v) is 6.76. The second-order valence-corrected chi connectivity index (χ2v) is 5.42. The van der Waals surface area contributed by atoms with Gasteiger partial charge < -0.3 is 5.32 Å². The topological polar surface area (TPSA) is 37.8 Å². The number of nitrogens with zero attached hydrogens (tertiary/aromatic N) is 2. The minimum atomic E-state index is 0.599. The van der Waals surface area contributed by atoms with Gasteiger partial charge in [-0.05, 0) is 34.7 Å². The Morgan fingerprint density at radius 1 is 1.50 bits per heavy atom. The van der Waals surface area contributed by atoms with Crippen LogP contribution in [0.5, 0.6) is 0 Å². The molecule has 88 valence electrons. The van der Waals surface area contributed by atoms with Crippen LogP contribution in [0.3, 0.4) is 0 Å². The fraction of sp³-hybridized carbons (Fsp3) is 0.667. The summed E-state index contributed by atoms with van der Waals surface area (Å²) in [5, 5.41) is 3.38. The third-order valence-electron chi connectivity index (χ3n) is 2.98. The summed E-state index contributed by atoms with van der Waals surface area (Å²) in [5.74, 6) is 3.21. The van der Waals surface area contributed by atoms with Crippen LogP contribution in [0.25, 0.3) is 0 Å². The predicted molar refractivity (Wildman–Crippen MR) is 69.7 cm³/mol. The van der Waals surface area contributed by atoms with Crippen molar-refractivity contribution in [3.8, 4) is 0 Å². The van der Waals surface area contributed by atoms with Gasteiger partial charge in [-0.15, -0.1) is 0 Å². The van der Waals surface area contributed by atoms with Crippen molar-refractivity contribution in [1.82, 2.24) is 9.97 Å². The Labute approximate surface area is 105 Å². The average molecular weight is 284 g/mol. The molecule has 1 aromatic rings. The lowest BCUT2D eigenvalue weighted by molar-refractivity contribution is 0.592. The fourth-order valence-electron chi connectivity index (χ4n) is 1.47. The highest BCUT2D eigenvalue weighted by Crippen LogP contribution is 2.38. The molecule has 1 N–H and O–H groups in total. The standard InChI is InChI=1S/C12H18BrN3/c1-3-8(2)7-14-11-6-10(13)15-12(16-11)9-4-5-9/h6,8-9H,3-5,7H2,1-2H3,(H,14,15,16). The van der Waals surface area contributed by atoms with E-state index in [-0.39, 0.29) is 0 Å². The molecule has 1 aliphatic rings. The molecule has 0 radical (unpaired) electrons. The molecule has 1 fully saturated rings. The van der Waals surface area contributed by atoms with Gasteiger partial charge in [0, 0.05) is 18.5 Å². The van der Waals surface area contributed by atoms with Gasteiger partial charge in [-0.2, -0.15) is 0 Å². The quantitative estimate of drug-likeness (QED) is 0.840. The SMILES string of the molecule is CCC(C)CNc1cc(Br)nc(C2CC2)n1. The Balaban J connectivity index is 2.02. The maximum atomic E-state index is 4.55. The molecule has 1 aromatic heterocycles. The lowest BCUT2D eigenvalue weighted by Crippen LogP contribution is -2.12. The zero-order valence-corrected chi connectivity index (χ0v) is 11.4. The van der Waals surface area contributed by atoms with Crippen LogP contribution in [0.2, 0.25) is 0 Å². The number of hydrogen-bond acceptors (Lipinski definition) is 3. The van der Waals surface area contributed by atoms with Crippen molar-refractivity contribution in [3.63, 3.8) is 0 Å². The third-order valence-corrected chi connectivity index (χ3v) is 3.39. The Morgan fingerprint density at radius 3 is 2.88 bits per heavy atom. The van der Waals surface area contributed by atoms with E-state index in [1.807, 2.05) is 6.07 Å². The zero-order chi connectivity index (χ0) is 11.5. The van der Waals surface area contributed by atoms with Gasteiger partial charge >= 0.3 is 0 Å². The summed E-state index contributed by atoms with van der Waals surface area (Å²) in [5.41, 5.74) is 0. The van der Waals surface area contributed by atoms with Crippen molar-refractivity contribution in [1.29, 1.82) is 0 Å². The molecule has 0 aliphatic heterocycles. The molecule has 0 bridgehead atoms. The second-order valence-electron chi connectivity index (χ2n) is 4.60. The number of nitrogens with one attached hydrogen (secondary N) is 1. The molecule has 1 saturated carbocycles. The Hall–Kier alpha value is -0.640. The molecule has 1 unspecified atom stereocenters. The smallest absolute Gasteiger partial charge is 0.135 e. The summed E-state index contributed by atoms with van der Waals surface area (Å²) >= 11 is 3.44. The summed E-state index contributed by atoms with van der Waals surface area (Å²) in [4.78, 5) is 8.96. The lowest BCUT2D eigenvalue weighted by Gasteiger charge is -2.11. The number of aromatic nitrogens is 2. The van der Waals surface area contributed by atoms with Gasteiger partial charge in [0.15, 0.2) is 0 Å². The minimum absolute atomic E-state index is 0.599. The second kappa shape index (κ2) is 5.13. The van der Waals surface area contributed by atoms with Crippen LogP contribution >= 0.6 is 15.9 Å². The van der Waals surface area contributed by atoms with E-state index < -0.39 is 0 Å². The normalized spacial score (nSPS) is 17.2. The fourth-order valence-corrected chi connectivity index (χ4v) is 1.87. The molecule has 0 aromatic carbocycles. The van der Waals surface area contributed by atoms with Gasteiger partial charge in [-0.25, -0.2) is 9.97 Å². The molecule has 3 nitrogen and oxygen atoms in total. The summed E-state index contributed by atoms with van der Waals surface area (Å²) in [7, 11) is 0. The molecular formula is C12H18BrN3. The van der Waals surface area contributed by atoms with Crippen LogP contribution < -0.4 is 5.32 Å². The Kier molecular flexibility index (Phi) is 3.79. The van der Waals surface area contributed by atoms with Crippen molar-refractivity contribution >= 4 is 21.7 Å². The maximum absolute atomic E-state index is 4.55. The predicted octanol–water partition coefficient (Wildman–Crippen LogP) is 3.57. The molecule has 1 aliphatic carbocycles. The highest BCUT2D eigenvalue weighted by atomic mass is 79.9. The first kappa shape index (κ1) is 11.8. The van der Waals surface area contributed by atoms with E-state index >= 15 is 0 Å². The summed E-state index contributed by atoms with van der Waals surface area (Å²) < 4.78 is 0.885. The van der Waals surface area contributed by atoms with E-state index in [4.69, 9.17) is 0 Å². The van der Waals surface area contributed by atoms with Crippen molar-refractivity contribution in [3.05, 3.63) is 16.5 Å². The van der Waals surface area contributed by atoms with Crippen molar-refractivity contribution < 1.29 is 0 Å². The van der Waals surface area contributed by atoms with Gasteiger partial charge in [0.25, 0.3) is 0 Å². The first-order valence-electron chi connectivity index (χ1n) is 5.97. The van der Waals surface area contributed by atoms with Crippen LogP contribution in [0.15, 0.2) is 10.7 Å². The molecule has 2 rings (SSSR count). The third kappa shape index (κ3) is 3.17. The lowest BCUT2D eigenvalue weighted by atomic mass is 10.1. The van der Waals surface area contributed by atoms with E-state index in [2.05, 4.69) is 45.1 Å². The average Bonchev–Trinajstić information content (AvgIpc) is 3.09. The van der Waals surface area contributed by atoms with E-state index in [1.165, 1.54) is 19.3 Å². The van der Waals surface area contributed by atoms with Gasteiger partial charge in [0.2, 0.25) is 0 Å². The van der Waals surface area contributed by atoms with Crippen molar-refractivity contribution in [2.24, 2.45) is 5.92 Å². The van der Waals surface area contributed by atoms with Crippen LogP contribution in [0.1, 0.15) is 44.9 Å². The molecule has 4 heteroatoms. The molecule has 0 spiro atoms. The van der Waals surface area contributed by atoms with Gasteiger partial charge in [0.1, 0.15) is 16.2 Å². The van der Waals surface area contributed by atoms with Gasteiger partial charge in [0.05, 0.1) is 0 Å². The highest BCUT2D eigenvalue weighted by molar-refractivity contribution is 9.10. The molecule has 0 amide bonds. The maximum Gasteiger partial charge on any atom is 0.135 e. The van der Waals surface area contributed by atoms with E-state index in [0.717, 1.165) is 22.8 Å². The summed E-state index contributed by atoms with van der Waals surface area (Å²) in [6.07, 6.45) is 3.66. The summed E-state index contributed by atoms with van der Waals surface area (Å²) in [6.45, 7) is 5.42. The van der Waals surface area contributed by atoms with Crippen molar-refractivity contribution in [2.45, 2.75) is 39.0 Å². The van der Waals surface area contributed by atoms with Crippen LogP contribution in [0, 0.1) is 5.92 Å². The van der Waals surface area contributed by atoms with E-state index in [1.54, 1.807) is 0 Å². The van der Waals surface area contributed by atoms with Crippen LogP contribution in [0.4, 0.5) is 5.82 Å². The molecule has 1 atom stereocenters. The van der Waals surface area contributed by atoms with E-state index in [9.17, 15) is 0 Å². The minimum Gasteiger partial charge on any atom is -0.370 e. The van der Waals surface area contributed by atoms with Crippen LogP contribution in [-0.4, -0.2) is 16.5 Å². The number of rotatable bonds is 5. The Bertz CT molecular complexity index is 363. The molecule has 16 heavy (non-hydrogen) atoms. The molecular weight excluding hydrogens is 266 g/mol. The summed E-state index contributed by atoms with van der Waals surface area (Å²) in [6, 6.07) is 1.95. The number of hydrogen-bond donors (Lipinski definition) is 1. The number of halogens is 1. The molecule has 1 heterocycles. The van der Waals surface area contributed by atoms with Gasteiger partial charge in [-0.3, -0.25) is 0 Å². The molecule has 0 saturated heterocycles. The van der Waals surface area contributed by atoms with Crippen molar-refractivity contribution in [2.75, 3.05) is 11.9 Å². The first-order chi connectivity index (χ1) is 7.69. The largest absolute Gasteiger partial charge is 0.370 e. The Morgan fingerprint density at radius 2 is 2.25 bits per heavy atom. The zero-order valence-electron chi connectivity index (χ0n) is 9.83. The number of anilines is 1.